The SMILES string of the molecule is C=C(C)C(=C)OCCCc1ccc(-c2ccc(-c3ccc(OC(=O)C(=C)C)cc3)c(F)c2)cc1. The molecular formula is C30H29FO3. The highest BCUT2D eigenvalue weighted by Gasteiger charge is 2.10. The number of aryl methyl sites for hydroxylation is 1. The number of hydrogen-bond donors (Lipinski definition) is 0. The van der Waals surface area contributed by atoms with Crippen LogP contribution in [0.1, 0.15) is 25.8 Å². The molecule has 0 radical (unpaired) electrons. The molecule has 0 bridgehead atoms. The smallest absolute Gasteiger partial charge is 0.338 e. The maximum absolute atomic E-state index is 14.9. The number of carbonyl (C=O) groups is 1. The molecule has 3 rings (SSSR count). The zero-order valence-electron chi connectivity index (χ0n) is 19.7. The molecule has 0 aromatic heterocycles. The first-order chi connectivity index (χ1) is 16.2. The van der Waals surface area contributed by atoms with Gasteiger partial charge in [0.05, 0.1) is 6.61 Å². The van der Waals surface area contributed by atoms with E-state index in [0.29, 0.717) is 34.8 Å². The topological polar surface area (TPSA) is 35.5 Å². The fraction of sp³-hybridized carbons (Fsp3) is 0.167. The minimum atomic E-state index is -0.490. The molecule has 4 heteroatoms. The molecule has 3 aromatic rings. The number of allylic oxidation sites excluding steroid dienone is 1. The maximum atomic E-state index is 14.9. The molecule has 3 nitrogen and oxygen atoms in total. The predicted octanol–water partition coefficient (Wildman–Crippen LogP) is 7.68. The molecule has 0 atom stereocenters. The molecule has 0 unspecified atom stereocenters. The minimum absolute atomic E-state index is 0.317. The van der Waals surface area contributed by atoms with Crippen molar-refractivity contribution in [1.29, 1.82) is 0 Å². The van der Waals surface area contributed by atoms with Gasteiger partial charge in [-0.05, 0) is 72.7 Å². The van der Waals surface area contributed by atoms with Crippen LogP contribution in [-0.4, -0.2) is 12.6 Å². The first kappa shape index (κ1) is 24.7. The second kappa shape index (κ2) is 11.3. The van der Waals surface area contributed by atoms with Gasteiger partial charge in [-0.2, -0.15) is 0 Å². The Balaban J connectivity index is 1.63. The van der Waals surface area contributed by atoms with Crippen molar-refractivity contribution in [3.63, 3.8) is 0 Å². The Morgan fingerprint density at radius 2 is 1.44 bits per heavy atom. The summed E-state index contributed by atoms with van der Waals surface area (Å²) in [6, 6.07) is 20.1. The largest absolute Gasteiger partial charge is 0.494 e. The molecule has 0 fully saturated rings. The molecular weight excluding hydrogens is 427 g/mol. The van der Waals surface area contributed by atoms with Gasteiger partial charge in [0, 0.05) is 11.1 Å². The predicted molar refractivity (Wildman–Crippen MR) is 136 cm³/mol. The summed E-state index contributed by atoms with van der Waals surface area (Å²) in [5, 5.41) is 0. The van der Waals surface area contributed by atoms with E-state index in [9.17, 15) is 9.18 Å². The number of rotatable bonds is 10. The first-order valence-electron chi connectivity index (χ1n) is 11.1. The summed E-state index contributed by atoms with van der Waals surface area (Å²) < 4.78 is 25.7. The lowest BCUT2D eigenvalue weighted by Gasteiger charge is -2.10. The van der Waals surface area contributed by atoms with Gasteiger partial charge in [-0.15, -0.1) is 0 Å². The maximum Gasteiger partial charge on any atom is 0.338 e. The monoisotopic (exact) mass is 456 g/mol. The van der Waals surface area contributed by atoms with Gasteiger partial charge in [0.15, 0.2) is 0 Å². The molecule has 0 aliphatic carbocycles. The Kier molecular flexibility index (Phi) is 8.20. The van der Waals surface area contributed by atoms with Gasteiger partial charge in [-0.1, -0.05) is 68.3 Å². The first-order valence-corrected chi connectivity index (χ1v) is 11.1. The number of hydrogen-bond acceptors (Lipinski definition) is 3. The van der Waals surface area contributed by atoms with E-state index in [1.165, 1.54) is 11.6 Å². The molecule has 0 aliphatic rings. The lowest BCUT2D eigenvalue weighted by Crippen LogP contribution is -2.07. The molecule has 3 aromatic carbocycles. The average molecular weight is 457 g/mol. The van der Waals surface area contributed by atoms with Crippen LogP contribution in [0.2, 0.25) is 0 Å². The zero-order chi connectivity index (χ0) is 24.7. The average Bonchev–Trinajstić information content (AvgIpc) is 2.82. The van der Waals surface area contributed by atoms with E-state index in [0.717, 1.165) is 29.5 Å². The Hall–Kier alpha value is -3.92. The Morgan fingerprint density at radius 3 is 2.03 bits per heavy atom. The van der Waals surface area contributed by atoms with Crippen LogP contribution in [0.3, 0.4) is 0 Å². The van der Waals surface area contributed by atoms with Crippen LogP contribution in [0, 0.1) is 5.82 Å². The van der Waals surface area contributed by atoms with Crippen LogP contribution in [0.5, 0.6) is 5.75 Å². The third-order valence-corrected chi connectivity index (χ3v) is 5.34. The van der Waals surface area contributed by atoms with Gasteiger partial charge in [0.2, 0.25) is 0 Å². The summed E-state index contributed by atoms with van der Waals surface area (Å²) in [5.41, 5.74) is 5.28. The van der Waals surface area contributed by atoms with Gasteiger partial charge < -0.3 is 9.47 Å². The lowest BCUT2D eigenvalue weighted by atomic mass is 9.98. The summed E-state index contributed by atoms with van der Waals surface area (Å²) in [6.45, 7) is 15.2. The van der Waals surface area contributed by atoms with E-state index in [1.54, 1.807) is 37.3 Å². The quantitative estimate of drug-likeness (QED) is 0.0784. The van der Waals surface area contributed by atoms with Gasteiger partial charge in [0.25, 0.3) is 0 Å². The second-order valence-electron chi connectivity index (χ2n) is 8.24. The summed E-state index contributed by atoms with van der Waals surface area (Å²) in [6.07, 6.45) is 1.76. The number of halogens is 1. The zero-order valence-corrected chi connectivity index (χ0v) is 19.7. The third kappa shape index (κ3) is 6.55. The van der Waals surface area contributed by atoms with E-state index in [2.05, 4.69) is 31.9 Å². The van der Waals surface area contributed by atoms with Crippen molar-refractivity contribution in [2.24, 2.45) is 0 Å². The van der Waals surface area contributed by atoms with Crippen LogP contribution in [0.25, 0.3) is 22.3 Å². The van der Waals surface area contributed by atoms with Gasteiger partial charge in [0.1, 0.15) is 17.3 Å². The van der Waals surface area contributed by atoms with E-state index >= 15 is 0 Å². The van der Waals surface area contributed by atoms with Crippen molar-refractivity contribution < 1.29 is 18.7 Å². The van der Waals surface area contributed by atoms with Gasteiger partial charge in [-0.25, -0.2) is 9.18 Å². The number of esters is 1. The Morgan fingerprint density at radius 1 is 0.824 bits per heavy atom. The molecule has 0 saturated carbocycles. The molecule has 0 aliphatic heterocycles. The highest BCUT2D eigenvalue weighted by molar-refractivity contribution is 5.88. The molecule has 174 valence electrons. The molecule has 0 heterocycles. The molecule has 0 spiro atoms. The van der Waals surface area contributed by atoms with E-state index < -0.39 is 5.97 Å². The van der Waals surface area contributed by atoms with Gasteiger partial charge in [-0.3, -0.25) is 0 Å². The summed E-state index contributed by atoms with van der Waals surface area (Å²) in [5.74, 6) is 0.212. The van der Waals surface area contributed by atoms with Crippen molar-refractivity contribution in [3.05, 3.63) is 115 Å². The molecule has 0 N–H and O–H groups in total. The minimum Gasteiger partial charge on any atom is -0.494 e. The summed E-state index contributed by atoms with van der Waals surface area (Å²) in [4.78, 5) is 11.6. The Labute approximate surface area is 200 Å². The van der Waals surface area contributed by atoms with Crippen molar-refractivity contribution >= 4 is 5.97 Å². The van der Waals surface area contributed by atoms with Crippen molar-refractivity contribution in [2.75, 3.05) is 6.61 Å². The van der Waals surface area contributed by atoms with Gasteiger partial charge >= 0.3 is 5.97 Å². The fourth-order valence-electron chi connectivity index (χ4n) is 3.28. The van der Waals surface area contributed by atoms with Crippen molar-refractivity contribution in [1.82, 2.24) is 0 Å². The summed E-state index contributed by atoms with van der Waals surface area (Å²) in [7, 11) is 0. The molecule has 0 saturated heterocycles. The van der Waals surface area contributed by atoms with Crippen LogP contribution in [-0.2, 0) is 16.0 Å². The van der Waals surface area contributed by atoms with Crippen molar-refractivity contribution in [2.45, 2.75) is 26.7 Å². The lowest BCUT2D eigenvalue weighted by molar-refractivity contribution is -0.130. The highest BCUT2D eigenvalue weighted by atomic mass is 19.1. The summed E-state index contributed by atoms with van der Waals surface area (Å²) >= 11 is 0. The number of benzene rings is 3. The van der Waals surface area contributed by atoms with Crippen molar-refractivity contribution in [3.8, 4) is 28.0 Å². The number of ether oxygens (including phenoxy) is 2. The normalized spacial score (nSPS) is 10.4. The standard InChI is InChI=1S/C30H29FO3/c1-20(2)22(5)33-18-6-7-23-8-10-24(11-9-23)26-14-17-28(29(31)19-26)25-12-15-27(16-13-25)34-30(32)21(3)4/h8-17,19H,1,3,5-7,18H2,2,4H3. The van der Waals surface area contributed by atoms with E-state index in [1.807, 2.05) is 25.1 Å². The highest BCUT2D eigenvalue weighted by Crippen LogP contribution is 2.29. The van der Waals surface area contributed by atoms with Crippen LogP contribution in [0.4, 0.5) is 4.39 Å². The Bertz CT molecular complexity index is 1200. The number of carbonyl (C=O) groups excluding carboxylic acids is 1. The van der Waals surface area contributed by atoms with Crippen LogP contribution < -0.4 is 4.74 Å². The third-order valence-electron chi connectivity index (χ3n) is 5.34. The molecule has 0 amide bonds. The molecule has 34 heavy (non-hydrogen) atoms. The second-order valence-corrected chi connectivity index (χ2v) is 8.24. The van der Waals surface area contributed by atoms with E-state index in [-0.39, 0.29) is 5.82 Å². The fourth-order valence-corrected chi connectivity index (χ4v) is 3.28. The van der Waals surface area contributed by atoms with Crippen LogP contribution >= 0.6 is 0 Å². The van der Waals surface area contributed by atoms with Crippen LogP contribution in [0.15, 0.2) is 103 Å². The van der Waals surface area contributed by atoms with E-state index in [4.69, 9.17) is 9.47 Å².